The molecule has 1 unspecified atom stereocenters. The van der Waals surface area contributed by atoms with Crippen LogP contribution in [-0.2, 0) is 18.2 Å². The molecule has 0 bridgehead atoms. The zero-order chi connectivity index (χ0) is 19.6. The molecule has 0 spiro atoms. The van der Waals surface area contributed by atoms with Crippen molar-refractivity contribution in [3.8, 4) is 11.3 Å². The van der Waals surface area contributed by atoms with Crippen LogP contribution in [0, 0.1) is 5.92 Å². The van der Waals surface area contributed by atoms with Crippen LogP contribution in [-0.4, -0.2) is 47.6 Å². The van der Waals surface area contributed by atoms with Crippen molar-refractivity contribution >= 4 is 17.4 Å². The minimum atomic E-state index is 0.512. The van der Waals surface area contributed by atoms with Gasteiger partial charge >= 0.3 is 0 Å². The minimum absolute atomic E-state index is 0.512. The second-order valence-electron chi connectivity index (χ2n) is 7.28. The number of rotatable bonds is 5. The van der Waals surface area contributed by atoms with Gasteiger partial charge in [-0.25, -0.2) is 9.97 Å². The summed E-state index contributed by atoms with van der Waals surface area (Å²) in [6.07, 6.45) is 8.66. The number of nitrogens with one attached hydrogen (secondary N) is 1. The van der Waals surface area contributed by atoms with Gasteiger partial charge in [0.1, 0.15) is 11.6 Å². The van der Waals surface area contributed by atoms with Crippen molar-refractivity contribution in [3.05, 3.63) is 48.7 Å². The van der Waals surface area contributed by atoms with E-state index in [0.717, 1.165) is 54.6 Å². The van der Waals surface area contributed by atoms with Crippen molar-refractivity contribution in [1.29, 1.82) is 0 Å². The molecule has 9 heteroatoms. The first-order chi connectivity index (χ1) is 14.3. The van der Waals surface area contributed by atoms with Crippen LogP contribution in [0.15, 0.2) is 42.9 Å². The zero-order valence-electron chi connectivity index (χ0n) is 16.2. The number of aromatic nitrogens is 7. The lowest BCUT2D eigenvalue weighted by atomic mass is 9.98. The summed E-state index contributed by atoms with van der Waals surface area (Å²) in [5.74, 6) is 2.83. The van der Waals surface area contributed by atoms with Crippen molar-refractivity contribution in [3.63, 3.8) is 0 Å². The summed E-state index contributed by atoms with van der Waals surface area (Å²) in [7, 11) is 1.86. The topological polar surface area (TPSA) is 95.1 Å². The Morgan fingerprint density at radius 2 is 2.17 bits per heavy atom. The van der Waals surface area contributed by atoms with Crippen LogP contribution in [0.1, 0.15) is 18.7 Å². The van der Waals surface area contributed by atoms with Gasteiger partial charge in [0, 0.05) is 50.7 Å². The number of hydrogen-bond acceptors (Lipinski definition) is 7. The Morgan fingerprint density at radius 1 is 1.21 bits per heavy atom. The summed E-state index contributed by atoms with van der Waals surface area (Å²) in [6, 6.07) is 7.80. The summed E-state index contributed by atoms with van der Waals surface area (Å²) < 4.78 is 9.38. The summed E-state index contributed by atoms with van der Waals surface area (Å²) in [5.41, 5.74) is 2.60. The molecule has 0 radical (unpaired) electrons. The zero-order valence-corrected chi connectivity index (χ0v) is 16.2. The van der Waals surface area contributed by atoms with E-state index in [-0.39, 0.29) is 0 Å². The molecule has 148 valence electrons. The van der Waals surface area contributed by atoms with Gasteiger partial charge < -0.3 is 10.1 Å². The normalized spacial score (nSPS) is 16.9. The molecule has 1 aliphatic heterocycles. The fraction of sp³-hybridized carbons (Fsp3) is 0.350. The van der Waals surface area contributed by atoms with E-state index in [2.05, 4.69) is 30.6 Å². The molecule has 5 heterocycles. The van der Waals surface area contributed by atoms with Crippen LogP contribution in [0.25, 0.3) is 16.9 Å². The summed E-state index contributed by atoms with van der Waals surface area (Å²) in [6.45, 7) is 1.68. The molecule has 9 nitrogen and oxygen atoms in total. The van der Waals surface area contributed by atoms with Gasteiger partial charge in [0.15, 0.2) is 5.65 Å². The monoisotopic (exact) mass is 390 g/mol. The van der Waals surface area contributed by atoms with Crippen molar-refractivity contribution in [2.24, 2.45) is 13.0 Å². The van der Waals surface area contributed by atoms with E-state index in [0.29, 0.717) is 11.9 Å². The number of hydrogen-bond donors (Lipinski definition) is 1. The molecule has 0 saturated carbocycles. The van der Waals surface area contributed by atoms with Crippen LogP contribution >= 0.6 is 0 Å². The molecular formula is C20H22N8O. The van der Waals surface area contributed by atoms with Crippen molar-refractivity contribution in [2.45, 2.75) is 19.3 Å². The van der Waals surface area contributed by atoms with E-state index in [1.54, 1.807) is 17.1 Å². The number of aryl methyl sites for hydroxylation is 1. The number of pyridine rings is 1. The number of nitrogens with zero attached hydrogens (tertiary/aromatic N) is 7. The predicted octanol–water partition coefficient (Wildman–Crippen LogP) is 2.63. The number of anilines is 2. The Balaban J connectivity index is 1.39. The first-order valence-electron chi connectivity index (χ1n) is 9.76. The third-order valence-electron chi connectivity index (χ3n) is 5.22. The van der Waals surface area contributed by atoms with Crippen LogP contribution in [0.5, 0.6) is 0 Å². The van der Waals surface area contributed by atoms with Gasteiger partial charge in [-0.3, -0.25) is 9.08 Å². The van der Waals surface area contributed by atoms with Gasteiger partial charge in [-0.05, 0) is 37.0 Å². The van der Waals surface area contributed by atoms with E-state index in [9.17, 15) is 0 Å². The highest BCUT2D eigenvalue weighted by Crippen LogP contribution is 2.23. The molecule has 1 aliphatic rings. The first-order valence-corrected chi connectivity index (χ1v) is 9.76. The second-order valence-corrected chi connectivity index (χ2v) is 7.28. The van der Waals surface area contributed by atoms with Crippen LogP contribution < -0.4 is 5.32 Å². The Kier molecular flexibility index (Phi) is 4.65. The Hall–Kier alpha value is -3.33. The van der Waals surface area contributed by atoms with E-state index < -0.39 is 0 Å². The standard InChI is InChI=1S/C20H22N8O/c1-27-17(5-8-22-27)24-20-21-7-4-16(23-20)15-6-9-28-18(25-26-19(28)12-15)11-14-3-2-10-29-13-14/h4-9,12,14H,2-3,10-11,13H2,1H3,(H,21,23,24). The van der Waals surface area contributed by atoms with Crippen LogP contribution in [0.3, 0.4) is 0 Å². The third kappa shape index (κ3) is 3.68. The molecule has 1 fully saturated rings. The van der Waals surface area contributed by atoms with E-state index in [1.165, 1.54) is 6.42 Å². The molecule has 0 amide bonds. The molecule has 29 heavy (non-hydrogen) atoms. The maximum atomic E-state index is 5.59. The quantitative estimate of drug-likeness (QED) is 0.560. The highest BCUT2D eigenvalue weighted by Gasteiger charge is 2.18. The molecule has 4 aromatic heterocycles. The molecule has 1 N–H and O–H groups in total. The smallest absolute Gasteiger partial charge is 0.228 e. The van der Waals surface area contributed by atoms with E-state index in [4.69, 9.17) is 4.74 Å². The lowest BCUT2D eigenvalue weighted by Gasteiger charge is -2.21. The van der Waals surface area contributed by atoms with Gasteiger partial charge in [0.05, 0.1) is 11.9 Å². The van der Waals surface area contributed by atoms with Crippen LogP contribution in [0.4, 0.5) is 11.8 Å². The summed E-state index contributed by atoms with van der Waals surface area (Å²) >= 11 is 0. The second kappa shape index (κ2) is 7.59. The van der Waals surface area contributed by atoms with Gasteiger partial charge in [-0.1, -0.05) is 0 Å². The van der Waals surface area contributed by atoms with Crippen molar-refractivity contribution < 1.29 is 4.74 Å². The molecule has 1 saturated heterocycles. The maximum Gasteiger partial charge on any atom is 0.228 e. The van der Waals surface area contributed by atoms with Crippen molar-refractivity contribution in [1.82, 2.24) is 34.3 Å². The molecule has 1 atom stereocenters. The Bertz CT molecular complexity index is 1130. The van der Waals surface area contributed by atoms with Gasteiger partial charge in [-0.15, -0.1) is 10.2 Å². The molecule has 5 rings (SSSR count). The summed E-state index contributed by atoms with van der Waals surface area (Å²) in [5, 5.41) is 16.1. The van der Waals surface area contributed by atoms with Crippen LogP contribution in [0.2, 0.25) is 0 Å². The van der Waals surface area contributed by atoms with Gasteiger partial charge in [-0.2, -0.15) is 5.10 Å². The first kappa shape index (κ1) is 17.7. The van der Waals surface area contributed by atoms with Gasteiger partial charge in [0.25, 0.3) is 0 Å². The predicted molar refractivity (Wildman–Crippen MR) is 108 cm³/mol. The largest absolute Gasteiger partial charge is 0.381 e. The average Bonchev–Trinajstić information content (AvgIpc) is 3.35. The fourth-order valence-electron chi connectivity index (χ4n) is 3.66. The van der Waals surface area contributed by atoms with E-state index in [1.807, 2.05) is 41.9 Å². The molecule has 0 aliphatic carbocycles. The van der Waals surface area contributed by atoms with E-state index >= 15 is 0 Å². The Labute approximate surface area is 167 Å². The molecule has 4 aromatic rings. The highest BCUT2D eigenvalue weighted by molar-refractivity contribution is 5.65. The lowest BCUT2D eigenvalue weighted by Crippen LogP contribution is -2.20. The van der Waals surface area contributed by atoms with Gasteiger partial charge in [0.2, 0.25) is 5.95 Å². The highest BCUT2D eigenvalue weighted by atomic mass is 16.5. The fourth-order valence-corrected chi connectivity index (χ4v) is 3.66. The lowest BCUT2D eigenvalue weighted by molar-refractivity contribution is 0.0542. The molecule has 0 aromatic carbocycles. The maximum absolute atomic E-state index is 5.59. The third-order valence-corrected chi connectivity index (χ3v) is 5.22. The molecular weight excluding hydrogens is 368 g/mol. The number of fused-ring (bicyclic) bond motifs is 1. The number of ether oxygens (including phenoxy) is 1. The summed E-state index contributed by atoms with van der Waals surface area (Å²) in [4.78, 5) is 8.93. The minimum Gasteiger partial charge on any atom is -0.381 e. The Morgan fingerprint density at radius 3 is 3.00 bits per heavy atom. The van der Waals surface area contributed by atoms with Crippen molar-refractivity contribution in [2.75, 3.05) is 18.5 Å². The average molecular weight is 390 g/mol. The SMILES string of the molecule is Cn1nccc1Nc1nccc(-c2ccn3c(CC4CCCOC4)nnc3c2)n1.